The maximum absolute atomic E-state index is 11.5. The first kappa shape index (κ1) is 11.4. The van der Waals surface area contributed by atoms with Gasteiger partial charge in [0.25, 0.3) is 0 Å². The van der Waals surface area contributed by atoms with Gasteiger partial charge in [-0.2, -0.15) is 0 Å². The van der Waals surface area contributed by atoms with Crippen molar-refractivity contribution < 1.29 is 9.00 Å². The van der Waals surface area contributed by atoms with Gasteiger partial charge in [-0.05, 0) is 6.42 Å². The average molecular weight is 216 g/mol. The quantitative estimate of drug-likeness (QED) is 0.615. The molecule has 0 fully saturated rings. The van der Waals surface area contributed by atoms with Crippen LogP contribution in [0.1, 0.15) is 6.42 Å². The minimum Gasteiger partial charge on any atom is -0.355 e. The summed E-state index contributed by atoms with van der Waals surface area (Å²) < 4.78 is 10.7. The zero-order valence-electron chi connectivity index (χ0n) is 8.23. The van der Waals surface area contributed by atoms with E-state index in [-0.39, 0.29) is 17.9 Å². The Labute approximate surface area is 86.4 Å². The largest absolute Gasteiger partial charge is 0.355 e. The third kappa shape index (κ3) is 3.59. The number of hydrogen-bond donors (Lipinski definition) is 2. The van der Waals surface area contributed by atoms with Crippen LogP contribution in [0.3, 0.4) is 0 Å². The molecule has 1 aliphatic rings. The molecule has 0 saturated carbocycles. The minimum absolute atomic E-state index is 0.00561. The van der Waals surface area contributed by atoms with Gasteiger partial charge < -0.3 is 11.1 Å². The average Bonchev–Trinajstić information content (AvgIpc) is 2.51. The highest BCUT2D eigenvalue weighted by molar-refractivity contribution is 7.84. The standard InChI is InChI=1S/C9H16N2O2S/c1-14(13)5-4-11-9(12)7-2-3-8(10)6-7/h2-3,7-8H,4-6,10H2,1H3,(H,11,12). The van der Waals surface area contributed by atoms with E-state index in [1.165, 1.54) is 0 Å². The number of hydrogen-bond acceptors (Lipinski definition) is 3. The molecule has 0 bridgehead atoms. The molecule has 0 radical (unpaired) electrons. The van der Waals surface area contributed by atoms with Crippen molar-refractivity contribution in [1.29, 1.82) is 0 Å². The first-order chi connectivity index (χ1) is 6.59. The summed E-state index contributed by atoms with van der Waals surface area (Å²) in [7, 11) is -0.848. The highest BCUT2D eigenvalue weighted by Crippen LogP contribution is 2.15. The van der Waals surface area contributed by atoms with Gasteiger partial charge >= 0.3 is 0 Å². The van der Waals surface area contributed by atoms with Crippen LogP contribution in [0.4, 0.5) is 0 Å². The first-order valence-electron chi connectivity index (χ1n) is 4.61. The number of carbonyl (C=O) groups is 1. The van der Waals surface area contributed by atoms with Gasteiger partial charge in [-0.3, -0.25) is 9.00 Å². The Morgan fingerprint density at radius 2 is 2.36 bits per heavy atom. The molecule has 1 amide bonds. The highest BCUT2D eigenvalue weighted by atomic mass is 32.2. The Kier molecular flexibility index (Phi) is 4.28. The highest BCUT2D eigenvalue weighted by Gasteiger charge is 2.21. The van der Waals surface area contributed by atoms with E-state index < -0.39 is 10.8 Å². The van der Waals surface area contributed by atoms with Crippen molar-refractivity contribution in [3.8, 4) is 0 Å². The van der Waals surface area contributed by atoms with E-state index in [9.17, 15) is 9.00 Å². The molecule has 0 aliphatic heterocycles. The molecule has 4 nitrogen and oxygen atoms in total. The third-order valence-corrected chi connectivity index (χ3v) is 2.92. The molecule has 80 valence electrons. The lowest BCUT2D eigenvalue weighted by atomic mass is 10.1. The molecule has 0 aromatic rings. The van der Waals surface area contributed by atoms with Crippen LogP contribution in [0.5, 0.6) is 0 Å². The minimum atomic E-state index is -0.848. The molecular formula is C9H16N2O2S. The molecule has 1 rings (SSSR count). The zero-order valence-corrected chi connectivity index (χ0v) is 9.05. The normalized spacial score (nSPS) is 27.6. The van der Waals surface area contributed by atoms with E-state index in [1.54, 1.807) is 6.26 Å². The van der Waals surface area contributed by atoms with Crippen LogP contribution in [0.2, 0.25) is 0 Å². The predicted octanol–water partition coefficient (Wildman–Crippen LogP) is -0.615. The van der Waals surface area contributed by atoms with E-state index in [4.69, 9.17) is 5.73 Å². The van der Waals surface area contributed by atoms with E-state index >= 15 is 0 Å². The molecule has 14 heavy (non-hydrogen) atoms. The van der Waals surface area contributed by atoms with Crippen molar-refractivity contribution in [3.63, 3.8) is 0 Å². The van der Waals surface area contributed by atoms with E-state index in [1.807, 2.05) is 12.2 Å². The van der Waals surface area contributed by atoms with Crippen LogP contribution >= 0.6 is 0 Å². The van der Waals surface area contributed by atoms with E-state index in [0.29, 0.717) is 18.7 Å². The lowest BCUT2D eigenvalue weighted by Crippen LogP contribution is -2.33. The number of nitrogens with one attached hydrogen (secondary N) is 1. The Bertz CT molecular complexity index is 266. The topological polar surface area (TPSA) is 72.2 Å². The van der Waals surface area contributed by atoms with E-state index in [0.717, 1.165) is 0 Å². The van der Waals surface area contributed by atoms with Gasteiger partial charge in [0.1, 0.15) is 0 Å². The SMILES string of the molecule is CS(=O)CCNC(=O)C1C=CC(N)C1. The van der Waals surface area contributed by atoms with Crippen molar-refractivity contribution in [2.45, 2.75) is 12.5 Å². The van der Waals surface area contributed by atoms with Crippen LogP contribution in [-0.2, 0) is 15.6 Å². The van der Waals surface area contributed by atoms with Crippen LogP contribution < -0.4 is 11.1 Å². The van der Waals surface area contributed by atoms with Crippen molar-refractivity contribution in [2.24, 2.45) is 11.7 Å². The summed E-state index contributed by atoms with van der Waals surface area (Å²) in [4.78, 5) is 11.5. The zero-order chi connectivity index (χ0) is 10.6. The maximum Gasteiger partial charge on any atom is 0.227 e. The van der Waals surface area contributed by atoms with Crippen LogP contribution in [-0.4, -0.2) is 34.7 Å². The Morgan fingerprint density at radius 1 is 1.64 bits per heavy atom. The van der Waals surface area contributed by atoms with Crippen molar-refractivity contribution in [3.05, 3.63) is 12.2 Å². The second-order valence-electron chi connectivity index (χ2n) is 3.46. The predicted molar refractivity (Wildman–Crippen MR) is 57.2 cm³/mol. The fraction of sp³-hybridized carbons (Fsp3) is 0.667. The Morgan fingerprint density at radius 3 is 2.86 bits per heavy atom. The van der Waals surface area contributed by atoms with Crippen molar-refractivity contribution >= 4 is 16.7 Å². The summed E-state index contributed by atoms with van der Waals surface area (Å²) >= 11 is 0. The summed E-state index contributed by atoms with van der Waals surface area (Å²) in [5.74, 6) is 0.392. The van der Waals surface area contributed by atoms with Crippen LogP contribution in [0.15, 0.2) is 12.2 Å². The molecule has 3 atom stereocenters. The fourth-order valence-electron chi connectivity index (χ4n) is 1.37. The van der Waals surface area contributed by atoms with Gasteiger partial charge in [0.2, 0.25) is 5.91 Å². The summed E-state index contributed by atoms with van der Waals surface area (Å²) in [6, 6.07) is 0.00561. The van der Waals surface area contributed by atoms with Crippen LogP contribution in [0, 0.1) is 5.92 Å². The lowest BCUT2D eigenvalue weighted by Gasteiger charge is -2.09. The maximum atomic E-state index is 11.5. The second-order valence-corrected chi connectivity index (χ2v) is 5.01. The van der Waals surface area contributed by atoms with E-state index in [2.05, 4.69) is 5.32 Å². The molecule has 0 saturated heterocycles. The molecule has 5 heteroatoms. The van der Waals surface area contributed by atoms with Crippen molar-refractivity contribution in [1.82, 2.24) is 5.32 Å². The second kappa shape index (κ2) is 5.26. The molecule has 3 N–H and O–H groups in total. The van der Waals surface area contributed by atoms with Gasteiger partial charge in [-0.1, -0.05) is 12.2 Å². The fourth-order valence-corrected chi connectivity index (χ4v) is 1.76. The molecule has 0 spiro atoms. The molecule has 1 aliphatic carbocycles. The molecular weight excluding hydrogens is 200 g/mol. The summed E-state index contributed by atoms with van der Waals surface area (Å²) in [5.41, 5.74) is 5.62. The molecule has 0 aromatic carbocycles. The Balaban J connectivity index is 2.22. The summed E-state index contributed by atoms with van der Waals surface area (Å²) in [6.45, 7) is 0.474. The number of amides is 1. The number of carbonyl (C=O) groups excluding carboxylic acids is 1. The van der Waals surface area contributed by atoms with Gasteiger partial charge in [-0.15, -0.1) is 0 Å². The Hall–Kier alpha value is -0.680. The number of rotatable bonds is 4. The van der Waals surface area contributed by atoms with Gasteiger partial charge in [0.05, 0.1) is 5.92 Å². The monoisotopic (exact) mass is 216 g/mol. The summed E-state index contributed by atoms with van der Waals surface area (Å²) in [6.07, 6.45) is 5.99. The third-order valence-electron chi connectivity index (χ3n) is 2.14. The van der Waals surface area contributed by atoms with Crippen LogP contribution in [0.25, 0.3) is 0 Å². The smallest absolute Gasteiger partial charge is 0.227 e. The summed E-state index contributed by atoms with van der Waals surface area (Å²) in [5, 5.41) is 2.74. The van der Waals surface area contributed by atoms with Gasteiger partial charge in [0, 0.05) is 35.4 Å². The molecule has 3 unspecified atom stereocenters. The number of nitrogens with two attached hydrogens (primary N) is 1. The van der Waals surface area contributed by atoms with Crippen molar-refractivity contribution in [2.75, 3.05) is 18.6 Å². The first-order valence-corrected chi connectivity index (χ1v) is 6.34. The van der Waals surface area contributed by atoms with Gasteiger partial charge in [-0.25, -0.2) is 0 Å². The van der Waals surface area contributed by atoms with Gasteiger partial charge in [0.15, 0.2) is 0 Å². The molecule has 0 heterocycles. The lowest BCUT2D eigenvalue weighted by molar-refractivity contribution is -0.123. The molecule has 0 aromatic heterocycles.